The molecule has 2 heterocycles. The average Bonchev–Trinajstić information content (AvgIpc) is 3.04. The number of pyridine rings is 1. The number of ether oxygens (including phenoxy) is 1. The van der Waals surface area contributed by atoms with E-state index >= 15 is 0 Å². The number of halogens is 1. The van der Waals surface area contributed by atoms with Crippen LogP contribution in [-0.4, -0.2) is 32.1 Å². The van der Waals surface area contributed by atoms with Crippen LogP contribution in [0.1, 0.15) is 15.9 Å². The van der Waals surface area contributed by atoms with Crippen LogP contribution in [0, 0.1) is 10.1 Å². The smallest absolute Gasteiger partial charge is 0.337 e. The first kappa shape index (κ1) is 20.3. The second kappa shape index (κ2) is 8.04. The summed E-state index contributed by atoms with van der Waals surface area (Å²) < 4.78 is 7.62. The fourth-order valence-electron chi connectivity index (χ4n) is 3.32. The molecule has 10 heteroatoms. The Hall–Kier alpha value is -3.98. The number of aromatic nitrogens is 3. The monoisotopic (exact) mass is 438 g/mol. The Morgan fingerprint density at radius 1 is 1.16 bits per heavy atom. The van der Waals surface area contributed by atoms with Gasteiger partial charge in [0.05, 0.1) is 35.2 Å². The van der Waals surface area contributed by atoms with Gasteiger partial charge in [0.25, 0.3) is 5.69 Å². The van der Waals surface area contributed by atoms with Crippen molar-refractivity contribution in [2.45, 2.75) is 6.54 Å². The van der Waals surface area contributed by atoms with E-state index in [1.807, 2.05) is 0 Å². The molecule has 4 aromatic rings. The van der Waals surface area contributed by atoms with Crippen molar-refractivity contribution in [1.82, 2.24) is 14.1 Å². The Balaban J connectivity index is 1.86. The van der Waals surface area contributed by atoms with E-state index in [1.54, 1.807) is 42.5 Å². The van der Waals surface area contributed by atoms with Crippen molar-refractivity contribution in [3.05, 3.63) is 97.5 Å². The summed E-state index contributed by atoms with van der Waals surface area (Å²) in [7, 11) is 1.30. The molecule has 0 fully saturated rings. The molecule has 0 unspecified atom stereocenters. The maximum atomic E-state index is 13.3. The van der Waals surface area contributed by atoms with Crippen molar-refractivity contribution >= 4 is 34.3 Å². The van der Waals surface area contributed by atoms with E-state index < -0.39 is 16.6 Å². The number of methoxy groups -OCH3 is 1. The third-order valence-electron chi connectivity index (χ3n) is 4.75. The molecule has 4 rings (SSSR count). The number of carbonyl (C=O) groups excluding carboxylic acids is 1. The van der Waals surface area contributed by atoms with Gasteiger partial charge in [0.15, 0.2) is 0 Å². The lowest BCUT2D eigenvalue weighted by Crippen LogP contribution is -2.24. The Morgan fingerprint density at radius 3 is 2.65 bits per heavy atom. The summed E-state index contributed by atoms with van der Waals surface area (Å²) in [6, 6.07) is 14.5. The van der Waals surface area contributed by atoms with E-state index in [2.05, 4.69) is 4.98 Å². The highest BCUT2D eigenvalue weighted by Crippen LogP contribution is 2.23. The second-order valence-corrected chi connectivity index (χ2v) is 7.10. The van der Waals surface area contributed by atoms with E-state index in [0.29, 0.717) is 21.6 Å². The molecule has 0 N–H and O–H groups in total. The zero-order valence-corrected chi connectivity index (χ0v) is 16.9. The minimum absolute atomic E-state index is 0.182. The number of hydrogen-bond donors (Lipinski definition) is 0. The van der Waals surface area contributed by atoms with E-state index in [-0.39, 0.29) is 18.1 Å². The predicted octanol–water partition coefficient (Wildman–Crippen LogP) is 3.58. The molecule has 156 valence electrons. The summed E-state index contributed by atoms with van der Waals surface area (Å²) in [5, 5.41) is 11.3. The molecule has 2 aromatic carbocycles. The number of nitro groups is 1. The highest BCUT2D eigenvalue weighted by atomic mass is 35.5. The van der Waals surface area contributed by atoms with Crippen LogP contribution in [0.4, 0.5) is 5.69 Å². The Bertz CT molecular complexity index is 1380. The van der Waals surface area contributed by atoms with Crippen molar-refractivity contribution in [2.75, 3.05) is 7.11 Å². The van der Waals surface area contributed by atoms with Gasteiger partial charge in [-0.2, -0.15) is 0 Å². The van der Waals surface area contributed by atoms with Crippen LogP contribution in [0.15, 0.2) is 65.6 Å². The first-order chi connectivity index (χ1) is 14.9. The third kappa shape index (κ3) is 3.78. The zero-order chi connectivity index (χ0) is 22.1. The molecule has 0 aliphatic carbocycles. The van der Waals surface area contributed by atoms with Gasteiger partial charge < -0.3 is 4.74 Å². The molecule has 0 amide bonds. The summed E-state index contributed by atoms with van der Waals surface area (Å²) in [5.74, 6) is -0.247. The van der Waals surface area contributed by atoms with E-state index in [9.17, 15) is 19.7 Å². The lowest BCUT2D eigenvalue weighted by Gasteiger charge is -2.06. The van der Waals surface area contributed by atoms with Gasteiger partial charge in [-0.1, -0.05) is 23.7 Å². The predicted molar refractivity (Wildman–Crippen MR) is 114 cm³/mol. The molecule has 31 heavy (non-hydrogen) atoms. The van der Waals surface area contributed by atoms with E-state index in [4.69, 9.17) is 16.3 Å². The minimum atomic E-state index is -0.562. The first-order valence-corrected chi connectivity index (χ1v) is 9.45. The van der Waals surface area contributed by atoms with Gasteiger partial charge in [0.2, 0.25) is 0 Å². The lowest BCUT2D eigenvalue weighted by molar-refractivity contribution is -0.385. The molecule has 9 nitrogen and oxygen atoms in total. The topological polar surface area (TPSA) is 109 Å². The third-order valence-corrected chi connectivity index (χ3v) is 4.99. The van der Waals surface area contributed by atoms with Gasteiger partial charge in [0, 0.05) is 11.1 Å². The molecule has 0 aliphatic heterocycles. The van der Waals surface area contributed by atoms with Crippen LogP contribution >= 0.6 is 11.6 Å². The van der Waals surface area contributed by atoms with Gasteiger partial charge in [-0.3, -0.25) is 14.7 Å². The highest BCUT2D eigenvalue weighted by molar-refractivity contribution is 6.31. The van der Waals surface area contributed by atoms with Gasteiger partial charge >= 0.3 is 11.7 Å². The molecule has 0 spiro atoms. The van der Waals surface area contributed by atoms with Crippen molar-refractivity contribution in [2.24, 2.45) is 0 Å². The summed E-state index contributed by atoms with van der Waals surface area (Å²) in [4.78, 5) is 39.6. The molecule has 0 radical (unpaired) electrons. The number of fused-ring (bicyclic) bond motifs is 1. The molecule has 0 atom stereocenters. The van der Waals surface area contributed by atoms with Crippen LogP contribution < -0.4 is 5.69 Å². The number of nitrogens with zero attached hydrogens (tertiary/aromatic N) is 4. The van der Waals surface area contributed by atoms with E-state index in [1.165, 1.54) is 28.4 Å². The van der Waals surface area contributed by atoms with Crippen LogP contribution in [0.3, 0.4) is 0 Å². The highest BCUT2D eigenvalue weighted by Gasteiger charge is 2.18. The lowest BCUT2D eigenvalue weighted by atomic mass is 10.1. The van der Waals surface area contributed by atoms with Crippen LogP contribution in [-0.2, 0) is 11.3 Å². The standard InChI is InChI=1S/C21H15ClN4O5/c1-31-20(27)14-4-2-3-13(9-14)12-24-17-7-5-15(22)10-18(17)25(21(24)28)19-8-6-16(11-23-19)26(29)30/h2-11H,12H2,1H3. The average molecular weight is 439 g/mol. The molecule has 0 saturated heterocycles. The van der Waals surface area contributed by atoms with Crippen LogP contribution in [0.5, 0.6) is 0 Å². The number of carbonyl (C=O) groups is 1. The molecule has 0 saturated carbocycles. The maximum Gasteiger partial charge on any atom is 0.337 e. The van der Waals surface area contributed by atoms with Crippen LogP contribution in [0.25, 0.3) is 16.9 Å². The maximum absolute atomic E-state index is 13.3. The number of rotatable bonds is 5. The quantitative estimate of drug-likeness (QED) is 0.267. The van der Waals surface area contributed by atoms with Crippen LogP contribution in [0.2, 0.25) is 5.02 Å². The fraction of sp³-hybridized carbons (Fsp3) is 0.0952. The fourth-order valence-corrected chi connectivity index (χ4v) is 3.49. The summed E-state index contributed by atoms with van der Waals surface area (Å²) in [6.07, 6.45) is 1.09. The molecule has 2 aromatic heterocycles. The summed E-state index contributed by atoms with van der Waals surface area (Å²) >= 11 is 6.15. The molecular weight excluding hydrogens is 424 g/mol. The molecular formula is C21H15ClN4O5. The normalized spacial score (nSPS) is 10.9. The number of esters is 1. The Labute approximate surface area is 180 Å². The van der Waals surface area contributed by atoms with E-state index in [0.717, 1.165) is 11.8 Å². The Morgan fingerprint density at radius 2 is 1.97 bits per heavy atom. The van der Waals surface area contributed by atoms with Gasteiger partial charge in [-0.25, -0.2) is 19.1 Å². The molecule has 0 bridgehead atoms. The Kier molecular flexibility index (Phi) is 5.26. The van der Waals surface area contributed by atoms with Gasteiger partial charge in [0.1, 0.15) is 12.0 Å². The largest absolute Gasteiger partial charge is 0.465 e. The van der Waals surface area contributed by atoms with Crippen molar-refractivity contribution in [3.63, 3.8) is 0 Å². The number of benzene rings is 2. The summed E-state index contributed by atoms with van der Waals surface area (Å²) in [6.45, 7) is 0.182. The summed E-state index contributed by atoms with van der Waals surface area (Å²) in [5.41, 5.74) is 1.61. The first-order valence-electron chi connectivity index (χ1n) is 9.08. The molecule has 0 aliphatic rings. The minimum Gasteiger partial charge on any atom is -0.465 e. The van der Waals surface area contributed by atoms with Crippen molar-refractivity contribution in [1.29, 1.82) is 0 Å². The van der Waals surface area contributed by atoms with Crippen molar-refractivity contribution < 1.29 is 14.5 Å². The van der Waals surface area contributed by atoms with Gasteiger partial charge in [-0.15, -0.1) is 0 Å². The number of hydrogen-bond acceptors (Lipinski definition) is 6. The van der Waals surface area contributed by atoms with Gasteiger partial charge in [-0.05, 0) is 42.0 Å². The second-order valence-electron chi connectivity index (χ2n) is 6.66. The number of imidazole rings is 1. The zero-order valence-electron chi connectivity index (χ0n) is 16.2. The van der Waals surface area contributed by atoms with Crippen molar-refractivity contribution in [3.8, 4) is 5.82 Å². The SMILES string of the molecule is COC(=O)c1cccc(Cn2c(=O)n(-c3ccc([N+](=O)[O-])cn3)c3cc(Cl)ccc32)c1.